The van der Waals surface area contributed by atoms with Crippen LogP contribution in [0.2, 0.25) is 0 Å². The van der Waals surface area contributed by atoms with Gasteiger partial charge in [-0.05, 0) is 23.3 Å². The van der Waals surface area contributed by atoms with E-state index in [0.29, 0.717) is 0 Å². The van der Waals surface area contributed by atoms with Crippen LogP contribution < -0.4 is 0 Å². The van der Waals surface area contributed by atoms with E-state index < -0.39 is 9.20 Å². The molecule has 0 aliphatic rings. The van der Waals surface area contributed by atoms with Gasteiger partial charge in [-0.1, -0.05) is 72.8 Å². The largest absolute Gasteiger partial charge is 0.360 e. The molecule has 0 saturated carbocycles. The summed E-state index contributed by atoms with van der Waals surface area (Å²) in [5.74, 6) is 1.00. The molecular weight excluding hydrogens is 478 g/mol. The maximum atomic E-state index is 6.25. The number of para-hydroxylation sites is 1. The molecule has 0 fully saturated rings. The molecule has 0 aliphatic heterocycles. The number of rotatable bonds is 3. The van der Waals surface area contributed by atoms with Crippen molar-refractivity contribution in [3.63, 3.8) is 0 Å². The molecule has 3 aromatic carbocycles. The van der Waals surface area contributed by atoms with Crippen molar-refractivity contribution in [2.24, 2.45) is 0 Å². The Kier molecular flexibility index (Phi) is 7.65. The molecule has 1 aromatic heterocycles. The monoisotopic (exact) mass is 493 g/mol. The Hall–Kier alpha value is -1.25. The topological polar surface area (TPSA) is 11.3 Å². The van der Waals surface area contributed by atoms with Gasteiger partial charge in [-0.3, -0.25) is 0 Å². The van der Waals surface area contributed by atoms with Gasteiger partial charge in [0, 0.05) is 6.07 Å². The number of hydrogen-bond acceptors (Lipinski definition) is 0. The minimum absolute atomic E-state index is 0.788. The summed E-state index contributed by atoms with van der Waals surface area (Å²) in [7, 11) is 17.2. The first-order chi connectivity index (χ1) is 13.4. The van der Waals surface area contributed by atoms with Crippen LogP contribution >= 0.6 is 40.4 Å². The fourth-order valence-corrected chi connectivity index (χ4v) is 2.89. The van der Waals surface area contributed by atoms with Crippen LogP contribution in [0.3, 0.4) is 0 Å². The molecule has 0 amide bonds. The van der Waals surface area contributed by atoms with E-state index in [1.165, 1.54) is 11.1 Å². The van der Waals surface area contributed by atoms with E-state index in [9.17, 15) is 0 Å². The van der Waals surface area contributed by atoms with Crippen molar-refractivity contribution >= 4 is 51.4 Å². The van der Waals surface area contributed by atoms with Crippen LogP contribution in [0.15, 0.2) is 95.4 Å². The van der Waals surface area contributed by atoms with E-state index in [2.05, 4.69) is 60.7 Å². The Morgan fingerprint density at radius 1 is 0.679 bits per heavy atom. The standard InChI is InChI=1S/C22H17O.4ClH.Fe/c1-3-9-17(10-4-1)15-22-20(18-11-5-2-6-12-18)16-19-13-7-8-14-21(19)23-22;;;;;/h1-14,16H,15H2;4*1H;/q+1;;;;;+3/p-4. The Bertz CT molecular complexity index is 1030. The first kappa shape index (κ1) is 21.5. The van der Waals surface area contributed by atoms with Crippen LogP contribution in [0.1, 0.15) is 11.3 Å². The number of fused-ring (bicyclic) bond motifs is 1. The van der Waals surface area contributed by atoms with Crippen LogP contribution in [-0.4, -0.2) is 0 Å². The van der Waals surface area contributed by atoms with E-state index in [4.69, 9.17) is 44.8 Å². The molecule has 1 heterocycles. The molecule has 0 radical (unpaired) electrons. The quantitative estimate of drug-likeness (QED) is 0.205. The molecule has 6 heteroatoms. The van der Waals surface area contributed by atoms with E-state index in [-0.39, 0.29) is 0 Å². The second-order valence-electron chi connectivity index (χ2n) is 5.95. The van der Waals surface area contributed by atoms with Gasteiger partial charge in [-0.2, -0.15) is 0 Å². The van der Waals surface area contributed by atoms with Crippen LogP contribution in [0.5, 0.6) is 0 Å². The van der Waals surface area contributed by atoms with Gasteiger partial charge in [0.25, 0.3) is 0 Å². The smallest absolute Gasteiger partial charge is 0.211 e. The Morgan fingerprint density at radius 2 is 1.21 bits per heavy atom. The molecule has 0 aliphatic carbocycles. The zero-order valence-electron chi connectivity index (χ0n) is 14.6. The third-order valence-corrected chi connectivity index (χ3v) is 4.04. The zero-order valence-corrected chi connectivity index (χ0v) is 18.8. The van der Waals surface area contributed by atoms with Crippen LogP contribution in [-0.2, 0) is 15.6 Å². The maximum absolute atomic E-state index is 6.25. The summed E-state index contributed by atoms with van der Waals surface area (Å²) in [4.78, 5) is 0. The van der Waals surface area contributed by atoms with Crippen LogP contribution in [0.25, 0.3) is 22.1 Å². The van der Waals surface area contributed by atoms with E-state index in [0.717, 1.165) is 28.7 Å². The molecule has 1 nitrogen and oxygen atoms in total. The molecule has 0 spiro atoms. The van der Waals surface area contributed by atoms with E-state index in [1.807, 2.05) is 30.3 Å². The van der Waals surface area contributed by atoms with Gasteiger partial charge in [0.05, 0.1) is 17.4 Å². The minimum Gasteiger partial charge on any atom is -0.211 e. The summed E-state index contributed by atoms with van der Waals surface area (Å²) in [6.07, 6.45) is 0.788. The SMILES string of the molecule is [Cl][Fe-]([Cl])([Cl])[Cl].c1ccc(Cc2[o+]c3ccccc3cc2-c2ccccc2)cc1. The number of hydrogen-bond donors (Lipinski definition) is 0. The molecule has 4 aromatic rings. The minimum atomic E-state index is -2.61. The molecule has 0 N–H and O–H groups in total. The first-order valence-corrected chi connectivity index (χ1v) is 14.5. The average Bonchev–Trinajstić information content (AvgIpc) is 2.68. The Balaban J connectivity index is 0.000000403. The number of benzene rings is 3. The van der Waals surface area contributed by atoms with Gasteiger partial charge >= 0.3 is 60.9 Å². The molecule has 0 saturated heterocycles. The summed E-state index contributed by atoms with van der Waals surface area (Å²) in [5, 5.41) is 1.13. The van der Waals surface area contributed by atoms with Crippen molar-refractivity contribution in [3.8, 4) is 11.1 Å². The Morgan fingerprint density at radius 3 is 1.86 bits per heavy atom. The molecule has 0 unspecified atom stereocenters. The van der Waals surface area contributed by atoms with E-state index >= 15 is 0 Å². The molecule has 4 rings (SSSR count). The summed E-state index contributed by atoms with van der Waals surface area (Å²) < 4.78 is 6.25. The van der Waals surface area contributed by atoms with Gasteiger partial charge in [0.15, 0.2) is 0 Å². The molecule has 147 valence electrons. The predicted octanol–water partition coefficient (Wildman–Crippen LogP) is 8.73. The second kappa shape index (κ2) is 9.98. The van der Waals surface area contributed by atoms with E-state index in [1.54, 1.807) is 0 Å². The summed E-state index contributed by atoms with van der Waals surface area (Å²) in [6, 6.07) is 31.3. The van der Waals surface area contributed by atoms with Gasteiger partial charge in [0.2, 0.25) is 0 Å². The summed E-state index contributed by atoms with van der Waals surface area (Å²) in [5.41, 5.74) is 4.53. The third-order valence-electron chi connectivity index (χ3n) is 4.04. The van der Waals surface area contributed by atoms with Crippen LogP contribution in [0, 0.1) is 0 Å². The normalized spacial score (nSPS) is 11.6. The van der Waals surface area contributed by atoms with Gasteiger partial charge in [0.1, 0.15) is 0 Å². The fraction of sp³-hybridized carbons (Fsp3) is 0.0455. The van der Waals surface area contributed by atoms with Gasteiger partial charge in [-0.25, -0.2) is 4.42 Å². The molecule has 28 heavy (non-hydrogen) atoms. The first-order valence-electron chi connectivity index (χ1n) is 8.38. The molecular formula is C22H17Cl4FeO. The number of halogens is 4. The maximum Gasteiger partial charge on any atom is 0.360 e. The van der Waals surface area contributed by atoms with Crippen molar-refractivity contribution in [2.45, 2.75) is 6.42 Å². The summed E-state index contributed by atoms with van der Waals surface area (Å²) >= 11 is 0. The third kappa shape index (κ3) is 6.67. The van der Waals surface area contributed by atoms with Gasteiger partial charge in [-0.15, -0.1) is 0 Å². The summed E-state index contributed by atoms with van der Waals surface area (Å²) in [6.45, 7) is 0. The zero-order chi connectivity index (χ0) is 20.0. The Labute approximate surface area is 183 Å². The van der Waals surface area contributed by atoms with Crippen LogP contribution in [0.4, 0.5) is 0 Å². The van der Waals surface area contributed by atoms with Gasteiger partial charge < -0.3 is 0 Å². The van der Waals surface area contributed by atoms with Crippen molar-refractivity contribution < 1.29 is 13.6 Å². The van der Waals surface area contributed by atoms with Crippen molar-refractivity contribution in [3.05, 3.63) is 102 Å². The molecule has 0 bridgehead atoms. The predicted molar refractivity (Wildman–Crippen MR) is 119 cm³/mol. The van der Waals surface area contributed by atoms with Crippen molar-refractivity contribution in [2.75, 3.05) is 0 Å². The second-order valence-corrected chi connectivity index (χ2v) is 16.9. The molecule has 0 atom stereocenters. The van der Waals surface area contributed by atoms with Crippen molar-refractivity contribution in [1.82, 2.24) is 0 Å². The fourth-order valence-electron chi connectivity index (χ4n) is 2.89. The average molecular weight is 495 g/mol. The van der Waals surface area contributed by atoms with Crippen molar-refractivity contribution in [1.29, 1.82) is 0 Å².